The maximum atomic E-state index is 4.83. The number of hydrogen-bond acceptors (Lipinski definition) is 4. The van der Waals surface area contributed by atoms with Gasteiger partial charge < -0.3 is 15.1 Å². The predicted molar refractivity (Wildman–Crippen MR) is 127 cm³/mol. The summed E-state index contributed by atoms with van der Waals surface area (Å²) >= 11 is 1.75. The van der Waals surface area contributed by atoms with Gasteiger partial charge in [0.25, 0.3) is 0 Å². The van der Waals surface area contributed by atoms with Crippen LogP contribution in [-0.4, -0.2) is 48.6 Å². The number of thiazole rings is 1. The number of piperazine rings is 1. The van der Waals surface area contributed by atoms with E-state index in [-0.39, 0.29) is 24.0 Å². The van der Waals surface area contributed by atoms with Crippen molar-refractivity contribution in [2.24, 2.45) is 4.99 Å². The van der Waals surface area contributed by atoms with Gasteiger partial charge in [-0.2, -0.15) is 0 Å². The lowest BCUT2D eigenvalue weighted by Crippen LogP contribution is -2.52. The largest absolute Gasteiger partial charge is 0.368 e. The van der Waals surface area contributed by atoms with E-state index in [9.17, 15) is 0 Å². The van der Waals surface area contributed by atoms with Crippen molar-refractivity contribution in [1.82, 2.24) is 15.2 Å². The summed E-state index contributed by atoms with van der Waals surface area (Å²) in [7, 11) is 0. The fourth-order valence-corrected chi connectivity index (χ4v) is 4.03. The van der Waals surface area contributed by atoms with Gasteiger partial charge in [0.2, 0.25) is 0 Å². The van der Waals surface area contributed by atoms with Crippen molar-refractivity contribution in [3.05, 3.63) is 45.4 Å². The number of nitrogens with one attached hydrogen (secondary N) is 1. The van der Waals surface area contributed by atoms with Gasteiger partial charge in [-0.1, -0.05) is 12.1 Å². The van der Waals surface area contributed by atoms with E-state index in [0.717, 1.165) is 49.4 Å². The molecule has 1 saturated heterocycles. The van der Waals surface area contributed by atoms with Gasteiger partial charge in [-0.25, -0.2) is 9.98 Å². The highest BCUT2D eigenvalue weighted by Gasteiger charge is 2.20. The Kier molecular flexibility index (Phi) is 8.34. The van der Waals surface area contributed by atoms with E-state index in [1.807, 2.05) is 0 Å². The molecule has 0 saturated carbocycles. The number of nitrogens with zero attached hydrogens (tertiary/aromatic N) is 4. The maximum Gasteiger partial charge on any atom is 0.194 e. The molecule has 1 aromatic heterocycles. The summed E-state index contributed by atoms with van der Waals surface area (Å²) in [5, 5.41) is 4.53. The molecule has 0 unspecified atom stereocenters. The molecule has 2 aromatic rings. The predicted octanol–water partition coefficient (Wildman–Crippen LogP) is 3.97. The average Bonchev–Trinajstić information content (AvgIpc) is 2.97. The normalized spacial score (nSPS) is 14.9. The van der Waals surface area contributed by atoms with Crippen molar-refractivity contribution in [3.8, 4) is 0 Å². The van der Waals surface area contributed by atoms with E-state index in [2.05, 4.69) is 72.1 Å². The number of rotatable bonds is 4. The molecule has 0 spiro atoms. The van der Waals surface area contributed by atoms with E-state index in [4.69, 9.17) is 4.99 Å². The zero-order chi connectivity index (χ0) is 18.5. The number of benzene rings is 1. The number of aromatic nitrogens is 1. The first-order valence-corrected chi connectivity index (χ1v) is 10.2. The zero-order valence-corrected chi connectivity index (χ0v) is 19.8. The molecule has 1 N–H and O–H groups in total. The lowest BCUT2D eigenvalue weighted by atomic mass is 10.2. The van der Waals surface area contributed by atoms with Crippen LogP contribution in [0, 0.1) is 20.8 Å². The Morgan fingerprint density at radius 3 is 2.52 bits per heavy atom. The highest BCUT2D eigenvalue weighted by atomic mass is 127. The molecule has 0 amide bonds. The van der Waals surface area contributed by atoms with Gasteiger partial charge >= 0.3 is 0 Å². The maximum absolute atomic E-state index is 4.83. The van der Waals surface area contributed by atoms with Crippen molar-refractivity contribution in [2.45, 2.75) is 34.2 Å². The van der Waals surface area contributed by atoms with Crippen molar-refractivity contribution < 1.29 is 0 Å². The first-order valence-electron chi connectivity index (χ1n) is 9.34. The van der Waals surface area contributed by atoms with Crippen LogP contribution in [0.3, 0.4) is 0 Å². The standard InChI is InChI=1S/C20H29N5S.HI/c1-5-21-20(22-14-19-23-16(3)17(4)26-19)25-11-9-24(10-12-25)18-8-6-7-15(2)13-18;/h6-8,13H,5,9-12,14H2,1-4H3,(H,21,22);1H. The minimum absolute atomic E-state index is 0. The van der Waals surface area contributed by atoms with Crippen LogP contribution in [0.25, 0.3) is 0 Å². The molecule has 7 heteroatoms. The Hall–Kier alpha value is -1.35. The Labute approximate surface area is 183 Å². The zero-order valence-electron chi connectivity index (χ0n) is 16.7. The molecule has 0 bridgehead atoms. The molecule has 2 heterocycles. The second kappa shape index (κ2) is 10.3. The lowest BCUT2D eigenvalue weighted by molar-refractivity contribution is 0.372. The third-order valence-corrected chi connectivity index (χ3v) is 5.78. The average molecular weight is 499 g/mol. The summed E-state index contributed by atoms with van der Waals surface area (Å²) in [6, 6.07) is 8.76. The SMILES string of the molecule is CCNC(=NCc1nc(C)c(C)s1)N1CCN(c2cccc(C)c2)CC1.I. The number of anilines is 1. The number of aliphatic imine (C=N–C) groups is 1. The summed E-state index contributed by atoms with van der Waals surface area (Å²) in [4.78, 5) is 15.5. The van der Waals surface area contributed by atoms with Crippen molar-refractivity contribution in [1.29, 1.82) is 0 Å². The number of guanidine groups is 1. The van der Waals surface area contributed by atoms with Crippen LogP contribution in [0.2, 0.25) is 0 Å². The van der Waals surface area contributed by atoms with Crippen LogP contribution >= 0.6 is 35.3 Å². The number of aryl methyl sites for hydroxylation is 3. The molecule has 0 atom stereocenters. The van der Waals surface area contributed by atoms with Gasteiger partial charge in [0.05, 0.1) is 12.2 Å². The highest BCUT2D eigenvalue weighted by Crippen LogP contribution is 2.19. The summed E-state index contributed by atoms with van der Waals surface area (Å²) in [6.45, 7) is 14.0. The van der Waals surface area contributed by atoms with Gasteiger partial charge in [-0.05, 0) is 45.4 Å². The Morgan fingerprint density at radius 1 is 1.19 bits per heavy atom. The first kappa shape index (κ1) is 21.9. The van der Waals surface area contributed by atoms with Crippen molar-refractivity contribution in [3.63, 3.8) is 0 Å². The molecule has 0 aliphatic carbocycles. The monoisotopic (exact) mass is 499 g/mol. The van der Waals surface area contributed by atoms with Crippen LogP contribution in [0.5, 0.6) is 0 Å². The third kappa shape index (κ3) is 5.81. The third-order valence-electron chi connectivity index (χ3n) is 4.72. The molecule has 1 fully saturated rings. The van der Waals surface area contributed by atoms with Crippen LogP contribution in [0.15, 0.2) is 29.3 Å². The molecule has 1 aromatic carbocycles. The molecule has 148 valence electrons. The molecular weight excluding hydrogens is 469 g/mol. The fourth-order valence-electron chi connectivity index (χ4n) is 3.18. The van der Waals surface area contributed by atoms with E-state index in [1.165, 1.54) is 16.1 Å². The Balaban J connectivity index is 0.00000261. The minimum Gasteiger partial charge on any atom is -0.368 e. The Bertz CT molecular complexity index is 746. The molecule has 5 nitrogen and oxygen atoms in total. The van der Waals surface area contributed by atoms with E-state index >= 15 is 0 Å². The van der Waals surface area contributed by atoms with E-state index in [1.54, 1.807) is 11.3 Å². The quantitative estimate of drug-likeness (QED) is 0.393. The molecular formula is C20H30IN5S. The van der Waals surface area contributed by atoms with E-state index < -0.39 is 0 Å². The van der Waals surface area contributed by atoms with Crippen LogP contribution in [0.1, 0.15) is 28.1 Å². The van der Waals surface area contributed by atoms with Crippen LogP contribution < -0.4 is 10.2 Å². The van der Waals surface area contributed by atoms with Crippen molar-refractivity contribution in [2.75, 3.05) is 37.6 Å². The highest BCUT2D eigenvalue weighted by molar-refractivity contribution is 14.0. The van der Waals surface area contributed by atoms with Gasteiger partial charge in [0, 0.05) is 43.3 Å². The number of hydrogen-bond donors (Lipinski definition) is 1. The summed E-state index contributed by atoms with van der Waals surface area (Å²) < 4.78 is 0. The molecule has 27 heavy (non-hydrogen) atoms. The summed E-state index contributed by atoms with van der Waals surface area (Å²) in [5.41, 5.74) is 3.76. The van der Waals surface area contributed by atoms with Crippen LogP contribution in [-0.2, 0) is 6.54 Å². The van der Waals surface area contributed by atoms with Gasteiger partial charge in [-0.3, -0.25) is 0 Å². The van der Waals surface area contributed by atoms with Gasteiger partial charge in [0.15, 0.2) is 5.96 Å². The molecule has 1 aliphatic heterocycles. The first-order chi connectivity index (χ1) is 12.6. The summed E-state index contributed by atoms with van der Waals surface area (Å²) in [5.74, 6) is 1.00. The van der Waals surface area contributed by atoms with Crippen LogP contribution in [0.4, 0.5) is 5.69 Å². The van der Waals surface area contributed by atoms with Crippen molar-refractivity contribution >= 4 is 47.0 Å². The topological polar surface area (TPSA) is 43.8 Å². The fraction of sp³-hybridized carbons (Fsp3) is 0.500. The molecule has 3 rings (SSSR count). The lowest BCUT2D eigenvalue weighted by Gasteiger charge is -2.37. The number of halogens is 1. The smallest absolute Gasteiger partial charge is 0.194 e. The Morgan fingerprint density at radius 2 is 1.93 bits per heavy atom. The van der Waals surface area contributed by atoms with Gasteiger partial charge in [0.1, 0.15) is 5.01 Å². The van der Waals surface area contributed by atoms with E-state index in [0.29, 0.717) is 6.54 Å². The van der Waals surface area contributed by atoms with Gasteiger partial charge in [-0.15, -0.1) is 35.3 Å². The second-order valence-electron chi connectivity index (χ2n) is 6.73. The minimum atomic E-state index is 0. The molecule has 0 radical (unpaired) electrons. The summed E-state index contributed by atoms with van der Waals surface area (Å²) in [6.07, 6.45) is 0. The second-order valence-corrected chi connectivity index (χ2v) is 8.02. The molecule has 1 aliphatic rings.